The highest BCUT2D eigenvalue weighted by atomic mass is 32.2. The molecule has 0 saturated carbocycles. The molecular formula is C18H15NO6S. The number of carbonyl (C=O) groups is 1. The summed E-state index contributed by atoms with van der Waals surface area (Å²) in [7, 11) is -2.48. The monoisotopic (exact) mass is 373 g/mol. The van der Waals surface area contributed by atoms with Crippen LogP contribution in [0.3, 0.4) is 0 Å². The molecule has 0 aliphatic heterocycles. The number of nitrogens with one attached hydrogen (secondary N) is 1. The highest BCUT2D eigenvalue weighted by Gasteiger charge is 2.17. The lowest BCUT2D eigenvalue weighted by Crippen LogP contribution is -2.11. The standard InChI is InChI=1S/C18H15NO6S/c1-23-14-8-10-16(11-9-14)26(21,22)25-15-6-4-13(5-7-15)19-18(20)17-3-2-12-24-17/h2-12H,1H3,(H,19,20). The maximum atomic E-state index is 12.3. The van der Waals surface area contributed by atoms with E-state index in [1.165, 1.54) is 68.0 Å². The lowest BCUT2D eigenvalue weighted by molar-refractivity contribution is 0.0996. The van der Waals surface area contributed by atoms with E-state index < -0.39 is 16.0 Å². The maximum Gasteiger partial charge on any atom is 0.339 e. The highest BCUT2D eigenvalue weighted by Crippen LogP contribution is 2.22. The molecule has 1 aromatic heterocycles. The number of hydrogen-bond acceptors (Lipinski definition) is 6. The van der Waals surface area contributed by atoms with Gasteiger partial charge in [-0.3, -0.25) is 4.79 Å². The Morgan fingerprint density at radius 2 is 1.62 bits per heavy atom. The Kier molecular flexibility index (Phi) is 4.94. The van der Waals surface area contributed by atoms with E-state index in [-0.39, 0.29) is 16.4 Å². The summed E-state index contributed by atoms with van der Waals surface area (Å²) in [5.74, 6) is 0.430. The van der Waals surface area contributed by atoms with E-state index in [1.54, 1.807) is 6.07 Å². The largest absolute Gasteiger partial charge is 0.497 e. The third-order valence-electron chi connectivity index (χ3n) is 3.41. The molecule has 0 spiro atoms. The number of amides is 1. The van der Waals surface area contributed by atoms with Crippen LogP contribution >= 0.6 is 0 Å². The molecule has 8 heteroatoms. The van der Waals surface area contributed by atoms with Crippen molar-refractivity contribution in [2.24, 2.45) is 0 Å². The van der Waals surface area contributed by atoms with Gasteiger partial charge in [0.1, 0.15) is 16.4 Å². The van der Waals surface area contributed by atoms with E-state index in [2.05, 4.69) is 5.32 Å². The van der Waals surface area contributed by atoms with Crippen molar-refractivity contribution < 1.29 is 26.5 Å². The van der Waals surface area contributed by atoms with Gasteiger partial charge in [0.25, 0.3) is 5.91 Å². The average molecular weight is 373 g/mol. The number of methoxy groups -OCH3 is 1. The minimum absolute atomic E-state index is 0.00787. The van der Waals surface area contributed by atoms with Crippen LogP contribution in [0.4, 0.5) is 5.69 Å². The van der Waals surface area contributed by atoms with Crippen molar-refractivity contribution in [2.45, 2.75) is 4.90 Å². The Labute approximate surface area is 150 Å². The zero-order valence-corrected chi connectivity index (χ0v) is 14.5. The first-order chi connectivity index (χ1) is 12.5. The summed E-state index contributed by atoms with van der Waals surface area (Å²) in [6.07, 6.45) is 1.40. The SMILES string of the molecule is COc1ccc(S(=O)(=O)Oc2ccc(NC(=O)c3ccco3)cc2)cc1. The van der Waals surface area contributed by atoms with Crippen LogP contribution in [0.1, 0.15) is 10.6 Å². The fourth-order valence-electron chi connectivity index (χ4n) is 2.11. The van der Waals surface area contributed by atoms with Crippen molar-refractivity contribution in [3.8, 4) is 11.5 Å². The Morgan fingerprint density at radius 3 is 2.19 bits per heavy atom. The van der Waals surface area contributed by atoms with Crippen LogP contribution in [0.25, 0.3) is 0 Å². The third-order valence-corrected chi connectivity index (χ3v) is 4.67. The first-order valence-corrected chi connectivity index (χ1v) is 8.92. The van der Waals surface area contributed by atoms with E-state index >= 15 is 0 Å². The van der Waals surface area contributed by atoms with Gasteiger partial charge in [0.2, 0.25) is 0 Å². The van der Waals surface area contributed by atoms with Crippen molar-refractivity contribution in [2.75, 3.05) is 12.4 Å². The summed E-state index contributed by atoms with van der Waals surface area (Å²) in [6, 6.07) is 14.9. The predicted molar refractivity (Wildman–Crippen MR) is 93.9 cm³/mol. The van der Waals surface area contributed by atoms with E-state index in [0.29, 0.717) is 11.4 Å². The summed E-state index contributed by atoms with van der Waals surface area (Å²) in [4.78, 5) is 11.9. The number of rotatable bonds is 6. The Morgan fingerprint density at radius 1 is 0.962 bits per heavy atom. The Balaban J connectivity index is 1.69. The van der Waals surface area contributed by atoms with Crippen LogP contribution in [-0.2, 0) is 10.1 Å². The summed E-state index contributed by atoms with van der Waals surface area (Å²) in [5, 5.41) is 2.63. The Hall–Kier alpha value is -3.26. The van der Waals surface area contributed by atoms with Crippen LogP contribution in [0.5, 0.6) is 11.5 Å². The minimum Gasteiger partial charge on any atom is -0.497 e. The quantitative estimate of drug-likeness (QED) is 0.666. The van der Waals surface area contributed by atoms with Crippen molar-refractivity contribution in [3.05, 3.63) is 72.7 Å². The fraction of sp³-hybridized carbons (Fsp3) is 0.0556. The lowest BCUT2D eigenvalue weighted by atomic mass is 10.3. The molecule has 0 unspecified atom stereocenters. The van der Waals surface area contributed by atoms with E-state index in [1.807, 2.05) is 0 Å². The van der Waals surface area contributed by atoms with E-state index in [4.69, 9.17) is 13.3 Å². The van der Waals surface area contributed by atoms with Crippen LogP contribution in [0.15, 0.2) is 76.2 Å². The van der Waals surface area contributed by atoms with Crippen molar-refractivity contribution in [3.63, 3.8) is 0 Å². The van der Waals surface area contributed by atoms with Gasteiger partial charge in [-0.15, -0.1) is 0 Å². The Bertz CT molecular complexity index is 977. The molecule has 0 bridgehead atoms. The lowest BCUT2D eigenvalue weighted by Gasteiger charge is -2.09. The van der Waals surface area contributed by atoms with E-state index in [0.717, 1.165) is 0 Å². The normalized spacial score (nSPS) is 11.0. The van der Waals surface area contributed by atoms with Gasteiger partial charge in [0, 0.05) is 5.69 Å². The fourth-order valence-corrected chi connectivity index (χ4v) is 3.04. The van der Waals surface area contributed by atoms with Gasteiger partial charge in [-0.1, -0.05) is 0 Å². The van der Waals surface area contributed by atoms with Gasteiger partial charge >= 0.3 is 10.1 Å². The van der Waals surface area contributed by atoms with Crippen LogP contribution < -0.4 is 14.2 Å². The molecule has 26 heavy (non-hydrogen) atoms. The summed E-state index contributed by atoms with van der Waals surface area (Å²) >= 11 is 0. The van der Waals surface area contributed by atoms with E-state index in [9.17, 15) is 13.2 Å². The molecule has 3 aromatic rings. The molecule has 0 atom stereocenters. The van der Waals surface area contributed by atoms with Gasteiger partial charge in [-0.2, -0.15) is 8.42 Å². The van der Waals surface area contributed by atoms with Gasteiger partial charge in [0.05, 0.1) is 13.4 Å². The average Bonchev–Trinajstić information content (AvgIpc) is 3.18. The van der Waals surface area contributed by atoms with Crippen molar-refractivity contribution in [1.82, 2.24) is 0 Å². The summed E-state index contributed by atoms with van der Waals surface area (Å²) < 4.78 is 39.6. The zero-order valence-electron chi connectivity index (χ0n) is 13.7. The van der Waals surface area contributed by atoms with Crippen LogP contribution in [0, 0.1) is 0 Å². The molecule has 0 fully saturated rings. The predicted octanol–water partition coefficient (Wildman–Crippen LogP) is 3.31. The van der Waals surface area contributed by atoms with Crippen LogP contribution in [-0.4, -0.2) is 21.4 Å². The number of anilines is 1. The third kappa shape index (κ3) is 4.04. The highest BCUT2D eigenvalue weighted by molar-refractivity contribution is 7.87. The number of furan rings is 1. The number of ether oxygens (including phenoxy) is 1. The molecule has 7 nitrogen and oxygen atoms in total. The maximum absolute atomic E-state index is 12.3. The molecule has 1 N–H and O–H groups in total. The summed E-state index contributed by atoms with van der Waals surface area (Å²) in [5.41, 5.74) is 0.473. The van der Waals surface area contributed by atoms with Crippen LogP contribution in [0.2, 0.25) is 0 Å². The molecule has 0 aliphatic carbocycles. The van der Waals surface area contributed by atoms with Gasteiger partial charge in [0.15, 0.2) is 5.76 Å². The number of hydrogen-bond donors (Lipinski definition) is 1. The molecular weight excluding hydrogens is 358 g/mol. The second-order valence-corrected chi connectivity index (χ2v) is 6.72. The van der Waals surface area contributed by atoms with Gasteiger partial charge < -0.3 is 18.7 Å². The molecule has 3 rings (SSSR count). The molecule has 134 valence electrons. The molecule has 0 aliphatic rings. The summed E-state index contributed by atoms with van der Waals surface area (Å²) in [6.45, 7) is 0. The number of benzene rings is 2. The molecule has 1 amide bonds. The topological polar surface area (TPSA) is 94.8 Å². The van der Waals surface area contributed by atoms with Gasteiger partial charge in [-0.05, 0) is 60.7 Å². The number of carbonyl (C=O) groups excluding carboxylic acids is 1. The molecule has 2 aromatic carbocycles. The first kappa shape index (κ1) is 17.6. The molecule has 1 heterocycles. The molecule has 0 radical (unpaired) electrons. The smallest absolute Gasteiger partial charge is 0.339 e. The second kappa shape index (κ2) is 7.32. The molecule has 0 saturated heterocycles. The zero-order chi connectivity index (χ0) is 18.6. The minimum atomic E-state index is -3.97. The van der Waals surface area contributed by atoms with Gasteiger partial charge in [-0.25, -0.2) is 0 Å². The first-order valence-electron chi connectivity index (χ1n) is 7.51. The van der Waals surface area contributed by atoms with Crippen molar-refractivity contribution >= 4 is 21.7 Å². The second-order valence-electron chi connectivity index (χ2n) is 5.17. The van der Waals surface area contributed by atoms with Crippen molar-refractivity contribution in [1.29, 1.82) is 0 Å².